The van der Waals surface area contributed by atoms with E-state index in [1.165, 1.54) is 30.5 Å². The lowest BCUT2D eigenvalue weighted by Crippen LogP contribution is -2.15. The van der Waals surface area contributed by atoms with Gasteiger partial charge in [-0.25, -0.2) is 13.4 Å². The van der Waals surface area contributed by atoms with E-state index in [4.69, 9.17) is 28.9 Å². The van der Waals surface area contributed by atoms with Crippen LogP contribution in [0.2, 0.25) is 10.0 Å². The molecule has 0 atom stereocenters. The molecule has 0 saturated heterocycles. The third kappa shape index (κ3) is 3.15. The maximum absolute atomic E-state index is 12.2. The van der Waals surface area contributed by atoms with Crippen molar-refractivity contribution in [1.82, 2.24) is 4.98 Å². The van der Waals surface area contributed by atoms with Crippen LogP contribution < -0.4 is 10.5 Å². The Morgan fingerprint density at radius 2 is 1.95 bits per heavy atom. The molecule has 0 aliphatic heterocycles. The smallest absolute Gasteiger partial charge is 0.264 e. The zero-order valence-corrected chi connectivity index (χ0v) is 12.7. The van der Waals surface area contributed by atoms with E-state index in [0.29, 0.717) is 16.3 Å². The van der Waals surface area contributed by atoms with Gasteiger partial charge in [-0.2, -0.15) is 0 Å². The van der Waals surface area contributed by atoms with Gasteiger partial charge in [0, 0.05) is 11.9 Å². The first-order valence-corrected chi connectivity index (χ1v) is 7.73. The number of pyridine rings is 1. The summed E-state index contributed by atoms with van der Waals surface area (Å²) in [5, 5.41) is 0.503. The molecule has 20 heavy (non-hydrogen) atoms. The molecule has 3 N–H and O–H groups in total. The standard InChI is InChI=1S/C12H11Cl2N3O2S/c1-7-4-9(14)11(5-10(7)15)20(18,19)17-12-3-2-8(13)6-16-12/h2-6H,15H2,1H3,(H,16,17). The molecule has 0 aliphatic carbocycles. The van der Waals surface area contributed by atoms with Crippen LogP contribution in [0.3, 0.4) is 0 Å². The van der Waals surface area contributed by atoms with Gasteiger partial charge < -0.3 is 5.73 Å². The fourth-order valence-electron chi connectivity index (χ4n) is 1.50. The van der Waals surface area contributed by atoms with E-state index in [2.05, 4.69) is 9.71 Å². The molecule has 1 aromatic carbocycles. The monoisotopic (exact) mass is 331 g/mol. The number of aryl methyl sites for hydroxylation is 1. The molecule has 5 nitrogen and oxygen atoms in total. The summed E-state index contributed by atoms with van der Waals surface area (Å²) >= 11 is 11.6. The third-order valence-corrected chi connectivity index (χ3v) is 4.62. The molecule has 0 saturated carbocycles. The third-order valence-electron chi connectivity index (χ3n) is 2.58. The Morgan fingerprint density at radius 3 is 2.55 bits per heavy atom. The lowest BCUT2D eigenvalue weighted by atomic mass is 10.2. The van der Waals surface area contributed by atoms with E-state index in [9.17, 15) is 8.42 Å². The minimum Gasteiger partial charge on any atom is -0.398 e. The van der Waals surface area contributed by atoms with Crippen LogP contribution in [0.4, 0.5) is 11.5 Å². The number of nitrogens with zero attached hydrogens (tertiary/aromatic N) is 1. The van der Waals surface area contributed by atoms with Crippen molar-refractivity contribution in [3.63, 3.8) is 0 Å². The summed E-state index contributed by atoms with van der Waals surface area (Å²) < 4.78 is 26.8. The largest absolute Gasteiger partial charge is 0.398 e. The first-order chi connectivity index (χ1) is 9.29. The number of aromatic nitrogens is 1. The number of hydrogen-bond donors (Lipinski definition) is 2. The SMILES string of the molecule is Cc1cc(Cl)c(S(=O)(=O)Nc2ccc(Cl)cn2)cc1N. The molecule has 0 bridgehead atoms. The van der Waals surface area contributed by atoms with E-state index >= 15 is 0 Å². The number of anilines is 2. The van der Waals surface area contributed by atoms with Crippen molar-refractivity contribution < 1.29 is 8.42 Å². The number of benzene rings is 1. The molecular formula is C12H11Cl2N3O2S. The van der Waals surface area contributed by atoms with E-state index in [-0.39, 0.29) is 15.7 Å². The van der Waals surface area contributed by atoms with E-state index < -0.39 is 10.0 Å². The van der Waals surface area contributed by atoms with Crippen molar-refractivity contribution in [2.75, 3.05) is 10.5 Å². The Kier molecular flexibility index (Phi) is 4.08. The number of nitrogens with one attached hydrogen (secondary N) is 1. The zero-order valence-electron chi connectivity index (χ0n) is 10.4. The van der Waals surface area contributed by atoms with Crippen molar-refractivity contribution in [2.24, 2.45) is 0 Å². The van der Waals surface area contributed by atoms with Crippen LogP contribution in [0.5, 0.6) is 0 Å². The van der Waals surface area contributed by atoms with Crippen molar-refractivity contribution >= 4 is 44.7 Å². The van der Waals surface area contributed by atoms with Gasteiger partial charge in [-0.05, 0) is 36.8 Å². The lowest BCUT2D eigenvalue weighted by molar-refractivity contribution is 0.601. The molecule has 0 radical (unpaired) electrons. The Labute approximate surface area is 126 Å². The summed E-state index contributed by atoms with van der Waals surface area (Å²) in [5.74, 6) is 0.143. The van der Waals surface area contributed by atoms with Crippen LogP contribution in [0.1, 0.15) is 5.56 Å². The average Bonchev–Trinajstić information content (AvgIpc) is 2.36. The van der Waals surface area contributed by atoms with Gasteiger partial charge in [-0.15, -0.1) is 0 Å². The summed E-state index contributed by atoms with van der Waals surface area (Å²) in [7, 11) is -3.86. The molecule has 0 fully saturated rings. The highest BCUT2D eigenvalue weighted by Crippen LogP contribution is 2.28. The molecular weight excluding hydrogens is 321 g/mol. The highest BCUT2D eigenvalue weighted by atomic mass is 35.5. The van der Waals surface area contributed by atoms with Gasteiger partial charge in [0.25, 0.3) is 10.0 Å². The second kappa shape index (κ2) is 5.47. The van der Waals surface area contributed by atoms with Gasteiger partial charge in [-0.3, -0.25) is 4.72 Å². The Hall–Kier alpha value is -1.50. The summed E-state index contributed by atoms with van der Waals surface area (Å²) in [5.41, 5.74) is 6.77. The molecule has 1 aromatic heterocycles. The minimum absolute atomic E-state index is 0.0955. The normalized spacial score (nSPS) is 11.3. The van der Waals surface area contributed by atoms with Crippen LogP contribution in [0.15, 0.2) is 35.4 Å². The van der Waals surface area contributed by atoms with Gasteiger partial charge in [0.15, 0.2) is 0 Å². The quantitative estimate of drug-likeness (QED) is 0.846. The maximum atomic E-state index is 12.2. The maximum Gasteiger partial charge on any atom is 0.264 e. The molecule has 2 aromatic rings. The van der Waals surface area contributed by atoms with Gasteiger partial charge in [0.05, 0.1) is 10.0 Å². The number of hydrogen-bond acceptors (Lipinski definition) is 4. The molecule has 106 valence electrons. The lowest BCUT2D eigenvalue weighted by Gasteiger charge is -2.11. The Morgan fingerprint density at radius 1 is 1.25 bits per heavy atom. The average molecular weight is 332 g/mol. The number of rotatable bonds is 3. The molecule has 2 rings (SSSR count). The summed E-state index contributed by atoms with van der Waals surface area (Å²) in [4.78, 5) is 3.76. The Balaban J connectivity index is 2.40. The van der Waals surface area contributed by atoms with Crippen LogP contribution >= 0.6 is 23.2 Å². The van der Waals surface area contributed by atoms with Crippen molar-refractivity contribution in [1.29, 1.82) is 0 Å². The molecule has 1 heterocycles. The zero-order chi connectivity index (χ0) is 14.9. The topological polar surface area (TPSA) is 85.1 Å². The number of nitrogens with two attached hydrogens (primary N) is 1. The first kappa shape index (κ1) is 14.9. The molecule has 0 unspecified atom stereocenters. The Bertz CT molecular complexity index is 746. The molecule has 0 amide bonds. The van der Waals surface area contributed by atoms with Crippen molar-refractivity contribution in [3.8, 4) is 0 Å². The van der Waals surface area contributed by atoms with Crippen LogP contribution in [0, 0.1) is 6.92 Å². The summed E-state index contributed by atoms with van der Waals surface area (Å²) in [6.07, 6.45) is 1.34. The molecule has 8 heteroatoms. The molecule has 0 aliphatic rings. The van der Waals surface area contributed by atoms with E-state index in [1.54, 1.807) is 6.92 Å². The number of sulfonamides is 1. The van der Waals surface area contributed by atoms with Gasteiger partial charge in [-0.1, -0.05) is 23.2 Å². The highest BCUT2D eigenvalue weighted by molar-refractivity contribution is 7.92. The fourth-order valence-corrected chi connectivity index (χ4v) is 3.24. The number of halogens is 2. The van der Waals surface area contributed by atoms with Gasteiger partial charge in [0.1, 0.15) is 10.7 Å². The van der Waals surface area contributed by atoms with Crippen LogP contribution in [0.25, 0.3) is 0 Å². The molecule has 0 spiro atoms. The first-order valence-electron chi connectivity index (χ1n) is 5.49. The predicted octanol–water partition coefficient (Wildman–Crippen LogP) is 3.08. The van der Waals surface area contributed by atoms with E-state index in [1.807, 2.05) is 0 Å². The number of nitrogen functional groups attached to an aromatic ring is 1. The van der Waals surface area contributed by atoms with Gasteiger partial charge in [0.2, 0.25) is 0 Å². The van der Waals surface area contributed by atoms with Crippen LogP contribution in [-0.2, 0) is 10.0 Å². The van der Waals surface area contributed by atoms with Crippen molar-refractivity contribution in [2.45, 2.75) is 11.8 Å². The second-order valence-corrected chi connectivity index (χ2v) is 6.60. The second-order valence-electron chi connectivity index (χ2n) is 4.11. The highest BCUT2D eigenvalue weighted by Gasteiger charge is 2.19. The summed E-state index contributed by atoms with van der Waals surface area (Å²) in [6.45, 7) is 1.74. The predicted molar refractivity (Wildman–Crippen MR) is 80.7 cm³/mol. The van der Waals surface area contributed by atoms with Crippen LogP contribution in [-0.4, -0.2) is 13.4 Å². The van der Waals surface area contributed by atoms with Crippen molar-refractivity contribution in [3.05, 3.63) is 46.1 Å². The van der Waals surface area contributed by atoms with E-state index in [0.717, 1.165) is 0 Å². The van der Waals surface area contributed by atoms with Gasteiger partial charge >= 0.3 is 0 Å². The fraction of sp³-hybridized carbons (Fsp3) is 0.0833. The minimum atomic E-state index is -3.86. The summed E-state index contributed by atoms with van der Waals surface area (Å²) in [6, 6.07) is 5.79.